The fourth-order valence-electron chi connectivity index (χ4n) is 6.39. The number of nitrogen functional groups attached to an aromatic ring is 1. The number of ether oxygens (including phenoxy) is 1. The predicted octanol–water partition coefficient (Wildman–Crippen LogP) is 5.23. The number of nitrogens with one attached hydrogen (secondary N) is 2. The average Bonchev–Trinajstić information content (AvgIpc) is 3.56. The van der Waals surface area contributed by atoms with Gasteiger partial charge in [-0.3, -0.25) is 0 Å². The number of methoxy groups -OCH3 is 1. The maximum Gasteiger partial charge on any atom is 0.261 e. The summed E-state index contributed by atoms with van der Waals surface area (Å²) in [6.07, 6.45) is 2.97. The highest BCUT2D eigenvalue weighted by molar-refractivity contribution is 6.99. The van der Waals surface area contributed by atoms with Gasteiger partial charge < -0.3 is 20.2 Å². The SMILES string of the molecule is CCC[C@@H](CO[Si](c1ccccc1)(c1ccccc1)C(C)(C)C)Nc1nc(N)nc(C)c1Cc1cc(Cc2nn[nH]n2)ccc1OC. The van der Waals surface area contributed by atoms with Crippen LogP contribution in [-0.2, 0) is 17.3 Å². The minimum atomic E-state index is -2.73. The minimum Gasteiger partial charge on any atom is -0.496 e. The Labute approximate surface area is 278 Å². The van der Waals surface area contributed by atoms with Crippen molar-refractivity contribution in [2.45, 2.75) is 71.4 Å². The van der Waals surface area contributed by atoms with Crippen molar-refractivity contribution in [3.8, 4) is 5.75 Å². The molecule has 5 aromatic rings. The average molecular weight is 651 g/mol. The van der Waals surface area contributed by atoms with Gasteiger partial charge in [-0.05, 0) is 45.9 Å². The molecule has 0 aliphatic rings. The Morgan fingerprint density at radius 1 is 0.936 bits per heavy atom. The van der Waals surface area contributed by atoms with Crippen molar-refractivity contribution in [1.82, 2.24) is 30.6 Å². The Morgan fingerprint density at radius 3 is 2.19 bits per heavy atom. The molecule has 2 heterocycles. The summed E-state index contributed by atoms with van der Waals surface area (Å²) < 4.78 is 13.1. The zero-order valence-corrected chi connectivity index (χ0v) is 29.2. The molecule has 0 fully saturated rings. The smallest absolute Gasteiger partial charge is 0.261 e. The molecule has 0 bridgehead atoms. The molecule has 3 aromatic carbocycles. The number of hydrogen-bond donors (Lipinski definition) is 3. The molecule has 47 heavy (non-hydrogen) atoms. The summed E-state index contributed by atoms with van der Waals surface area (Å²) in [5.41, 5.74) is 10.1. The van der Waals surface area contributed by atoms with Gasteiger partial charge in [-0.25, -0.2) is 4.98 Å². The first-order valence-corrected chi connectivity index (χ1v) is 18.1. The Hall–Kier alpha value is -4.61. The van der Waals surface area contributed by atoms with Crippen molar-refractivity contribution in [2.75, 3.05) is 24.8 Å². The fourth-order valence-corrected chi connectivity index (χ4v) is 11.0. The fraction of sp³-hybridized carbons (Fsp3) is 0.361. The summed E-state index contributed by atoms with van der Waals surface area (Å²) in [5.74, 6) is 2.35. The number of hydrogen-bond acceptors (Lipinski definition) is 9. The Balaban J connectivity index is 1.48. The van der Waals surface area contributed by atoms with Gasteiger partial charge in [0.05, 0.1) is 13.7 Å². The van der Waals surface area contributed by atoms with Crippen LogP contribution in [0.3, 0.4) is 0 Å². The number of rotatable bonds is 14. The quantitative estimate of drug-likeness (QED) is 0.138. The molecule has 5 rings (SSSR count). The van der Waals surface area contributed by atoms with Gasteiger partial charge in [-0.15, -0.1) is 10.2 Å². The van der Waals surface area contributed by atoms with Crippen LogP contribution in [0.1, 0.15) is 68.7 Å². The van der Waals surface area contributed by atoms with Gasteiger partial charge in [0.1, 0.15) is 11.6 Å². The molecule has 11 heteroatoms. The molecular weight excluding hydrogens is 605 g/mol. The van der Waals surface area contributed by atoms with Crippen LogP contribution in [0.5, 0.6) is 5.75 Å². The maximum atomic E-state index is 7.34. The van der Waals surface area contributed by atoms with Crippen LogP contribution in [0.2, 0.25) is 5.04 Å². The van der Waals surface area contributed by atoms with Gasteiger partial charge in [-0.2, -0.15) is 10.2 Å². The first-order valence-electron chi connectivity index (χ1n) is 16.2. The number of aromatic amines is 1. The lowest BCUT2D eigenvalue weighted by Gasteiger charge is -2.43. The zero-order valence-electron chi connectivity index (χ0n) is 28.2. The van der Waals surface area contributed by atoms with E-state index in [4.69, 9.17) is 19.9 Å². The maximum absolute atomic E-state index is 7.34. The number of H-pyrrole nitrogens is 1. The number of anilines is 2. The molecule has 246 valence electrons. The van der Waals surface area contributed by atoms with E-state index < -0.39 is 8.32 Å². The molecule has 2 aromatic heterocycles. The zero-order chi connectivity index (χ0) is 33.4. The van der Waals surface area contributed by atoms with E-state index in [1.807, 2.05) is 19.1 Å². The largest absolute Gasteiger partial charge is 0.496 e. The monoisotopic (exact) mass is 650 g/mol. The van der Waals surface area contributed by atoms with E-state index in [0.29, 0.717) is 31.1 Å². The Kier molecular flexibility index (Phi) is 10.7. The molecule has 0 saturated carbocycles. The van der Waals surface area contributed by atoms with Gasteiger partial charge in [-0.1, -0.05) is 112 Å². The highest BCUT2D eigenvalue weighted by Gasteiger charge is 2.50. The molecule has 0 aliphatic heterocycles. The molecule has 0 spiro atoms. The molecular formula is C36H46N8O2Si. The van der Waals surface area contributed by atoms with Gasteiger partial charge in [0.15, 0.2) is 5.82 Å². The summed E-state index contributed by atoms with van der Waals surface area (Å²) in [5, 5.41) is 20.6. The van der Waals surface area contributed by atoms with Crippen molar-refractivity contribution in [3.05, 3.63) is 107 Å². The van der Waals surface area contributed by atoms with E-state index in [1.54, 1.807) is 7.11 Å². The van der Waals surface area contributed by atoms with Crippen LogP contribution >= 0.6 is 0 Å². The van der Waals surface area contributed by atoms with Crippen LogP contribution in [0.25, 0.3) is 0 Å². The molecule has 1 atom stereocenters. The molecule has 0 unspecified atom stereocenters. The van der Waals surface area contributed by atoms with Crippen LogP contribution in [0.4, 0.5) is 11.8 Å². The molecule has 4 N–H and O–H groups in total. The van der Waals surface area contributed by atoms with Gasteiger partial charge in [0.2, 0.25) is 5.95 Å². The van der Waals surface area contributed by atoms with E-state index >= 15 is 0 Å². The minimum absolute atomic E-state index is 0.0134. The summed E-state index contributed by atoms with van der Waals surface area (Å²) in [6.45, 7) is 11.6. The van der Waals surface area contributed by atoms with Gasteiger partial charge >= 0.3 is 0 Å². The first-order chi connectivity index (χ1) is 22.6. The number of tetrazole rings is 1. The molecule has 0 saturated heterocycles. The van der Waals surface area contributed by atoms with Crippen LogP contribution in [0, 0.1) is 6.92 Å². The standard InChI is InChI=1S/C36H46N8O2Si/c1-7-14-28(24-46-47(36(3,4)5,29-15-10-8-11-16-29)30-17-12-9-13-18-30)39-34-31(25(2)38-35(37)40-34)23-27-21-26(19-20-32(27)45-6)22-33-41-43-44-42-33/h8-13,15-21,28H,7,14,22-24H2,1-6H3,(H3,37,38,39,40)(H,41,42,43,44)/t28-/m0/s1. The highest BCUT2D eigenvalue weighted by Crippen LogP contribution is 2.37. The molecule has 0 radical (unpaired) electrons. The van der Waals surface area contributed by atoms with Crippen molar-refractivity contribution < 1.29 is 9.16 Å². The van der Waals surface area contributed by atoms with Crippen molar-refractivity contribution in [2.24, 2.45) is 0 Å². The summed E-state index contributed by atoms with van der Waals surface area (Å²) in [6, 6.07) is 27.6. The van der Waals surface area contributed by atoms with Crippen molar-refractivity contribution in [3.63, 3.8) is 0 Å². The van der Waals surface area contributed by atoms with Crippen molar-refractivity contribution in [1.29, 1.82) is 0 Å². The second kappa shape index (κ2) is 14.9. The number of benzene rings is 3. The number of aromatic nitrogens is 6. The second-order valence-electron chi connectivity index (χ2n) is 12.9. The molecule has 10 nitrogen and oxygen atoms in total. The Bertz CT molecular complexity index is 1690. The number of aryl methyl sites for hydroxylation is 1. The van der Waals surface area contributed by atoms with E-state index in [1.165, 1.54) is 10.4 Å². The second-order valence-corrected chi connectivity index (χ2v) is 17.2. The van der Waals surface area contributed by atoms with Crippen molar-refractivity contribution >= 4 is 30.5 Å². The van der Waals surface area contributed by atoms with E-state index in [-0.39, 0.29) is 17.0 Å². The van der Waals surface area contributed by atoms with E-state index in [0.717, 1.165) is 41.0 Å². The molecule has 0 aliphatic carbocycles. The third-order valence-electron chi connectivity index (χ3n) is 8.59. The topological polar surface area (TPSA) is 137 Å². The summed E-state index contributed by atoms with van der Waals surface area (Å²) >= 11 is 0. The van der Waals surface area contributed by atoms with E-state index in [2.05, 4.69) is 125 Å². The number of nitrogens with two attached hydrogens (primary N) is 1. The van der Waals surface area contributed by atoms with Crippen LogP contribution in [0.15, 0.2) is 78.9 Å². The first kappa shape index (κ1) is 33.7. The van der Waals surface area contributed by atoms with Gasteiger partial charge in [0.25, 0.3) is 8.32 Å². The normalized spacial score (nSPS) is 12.6. The van der Waals surface area contributed by atoms with Crippen LogP contribution in [-0.4, -0.2) is 58.7 Å². The summed E-state index contributed by atoms with van der Waals surface area (Å²) in [7, 11) is -1.05. The third kappa shape index (κ3) is 7.69. The highest BCUT2D eigenvalue weighted by atomic mass is 28.4. The lowest BCUT2D eigenvalue weighted by molar-refractivity contribution is 0.273. The molecule has 0 amide bonds. The van der Waals surface area contributed by atoms with E-state index in [9.17, 15) is 0 Å². The third-order valence-corrected chi connectivity index (χ3v) is 13.6. The lowest BCUT2D eigenvalue weighted by Crippen LogP contribution is -2.67. The number of nitrogens with zero attached hydrogens (tertiary/aromatic N) is 5. The summed E-state index contributed by atoms with van der Waals surface area (Å²) in [4.78, 5) is 9.29. The van der Waals surface area contributed by atoms with Crippen LogP contribution < -0.4 is 26.2 Å². The van der Waals surface area contributed by atoms with Gasteiger partial charge in [0, 0.05) is 30.1 Å². The Morgan fingerprint density at radius 2 is 1.62 bits per heavy atom. The predicted molar refractivity (Wildman–Crippen MR) is 190 cm³/mol. The lowest BCUT2D eigenvalue weighted by atomic mass is 9.99.